The quantitative estimate of drug-likeness (QED) is 0.0397. The fraction of sp³-hybridized carbons (Fsp3) is 0.370. The van der Waals surface area contributed by atoms with Crippen molar-refractivity contribution in [3.63, 3.8) is 0 Å². The Bertz CT molecular complexity index is 2260. The highest BCUT2D eigenvalue weighted by Crippen LogP contribution is 2.24. The predicted molar refractivity (Wildman–Crippen MR) is 234 cm³/mol. The van der Waals surface area contributed by atoms with Crippen LogP contribution in [-0.4, -0.2) is 91.4 Å². The molecule has 5 atom stereocenters. The maximum atomic E-state index is 14.5. The van der Waals surface area contributed by atoms with Gasteiger partial charge in [0.15, 0.2) is 17.3 Å². The molecule has 62 heavy (non-hydrogen) atoms. The van der Waals surface area contributed by atoms with Gasteiger partial charge in [-0.3, -0.25) is 24.0 Å². The second-order valence-corrected chi connectivity index (χ2v) is 15.8. The van der Waals surface area contributed by atoms with E-state index < -0.39 is 59.4 Å². The van der Waals surface area contributed by atoms with Crippen LogP contribution in [0.4, 0.5) is 4.79 Å². The lowest BCUT2D eigenvalue weighted by molar-refractivity contribution is -0.133. The molecule has 0 aliphatic heterocycles. The molecule has 0 fully saturated rings. The van der Waals surface area contributed by atoms with Crippen LogP contribution in [-0.2, 0) is 49.8 Å². The van der Waals surface area contributed by atoms with Gasteiger partial charge in [0.2, 0.25) is 11.8 Å². The first-order chi connectivity index (χ1) is 29.8. The van der Waals surface area contributed by atoms with Gasteiger partial charge in [-0.2, -0.15) is 0 Å². The number of aromatic hydroxyl groups is 1. The van der Waals surface area contributed by atoms with Crippen LogP contribution in [0.15, 0.2) is 97.6 Å². The van der Waals surface area contributed by atoms with E-state index in [1.165, 1.54) is 30.3 Å². The molecule has 11 N–H and O–H groups in total. The summed E-state index contributed by atoms with van der Waals surface area (Å²) < 4.78 is 0. The van der Waals surface area contributed by atoms with Gasteiger partial charge < -0.3 is 47.8 Å². The lowest BCUT2D eigenvalue weighted by Crippen LogP contribution is -2.51. The Kier molecular flexibility index (Phi) is 17.1. The Labute approximate surface area is 360 Å². The minimum Gasteiger partial charge on any atom is -0.508 e. The number of hydrogen-bond donors (Lipinski definition) is 8. The number of rotatable bonds is 25. The Morgan fingerprint density at radius 3 is 2.19 bits per heavy atom. The first-order valence-electron chi connectivity index (χ1n) is 20.8. The van der Waals surface area contributed by atoms with Crippen molar-refractivity contribution in [2.24, 2.45) is 29.0 Å². The number of para-hydroxylation sites is 1. The second kappa shape index (κ2) is 22.8. The fourth-order valence-corrected chi connectivity index (χ4v) is 7.32. The number of nitrogens with one attached hydrogen (secondary N) is 4. The molecule has 328 valence electrons. The highest BCUT2D eigenvalue weighted by atomic mass is 16.3. The van der Waals surface area contributed by atoms with E-state index >= 15 is 0 Å². The van der Waals surface area contributed by atoms with Gasteiger partial charge >= 0.3 is 6.03 Å². The number of phenols is 1. The van der Waals surface area contributed by atoms with E-state index in [1.807, 2.05) is 54.6 Å². The molecule has 16 heteroatoms. The summed E-state index contributed by atoms with van der Waals surface area (Å²) in [6.07, 6.45) is 6.40. The summed E-state index contributed by atoms with van der Waals surface area (Å²) in [6, 6.07) is 19.0. The Balaban J connectivity index is 1.36. The van der Waals surface area contributed by atoms with Gasteiger partial charge in [0, 0.05) is 66.6 Å². The van der Waals surface area contributed by atoms with Crippen LogP contribution in [0.3, 0.4) is 0 Å². The maximum Gasteiger partial charge on any atom is 0.318 e. The SMILES string of the molecule is C[C@H](NC(=O)N(CC(=O)[C@@H](N)Cc1cnc[nH]1)Cc1ccc(O)cc1)C(=O)C[C@@H](Cc1c[nH]c2ccccc12)C(=O)N[C@H](Cc1ccccc1)C(=O)C[C@@H](CCCCN)C(N)=O. The zero-order chi connectivity index (χ0) is 44.6. The number of unbranched alkanes of at least 4 members (excludes halogenated alkanes) is 1. The van der Waals surface area contributed by atoms with Gasteiger partial charge in [0.1, 0.15) is 5.75 Å². The molecular weight excluding hydrogens is 791 g/mol. The van der Waals surface area contributed by atoms with E-state index in [-0.39, 0.29) is 56.7 Å². The number of carbonyl (C=O) groups is 6. The Hall–Kier alpha value is -6.65. The standard InChI is InChI=1S/C46H57N9O7/c1-29(53-46(62)55(26-31-14-16-36(56)17-15-31)27-43(59)38(48)23-35-25-50-28-52-35)41(57)22-33(20-34-24-51-39-13-6-5-12-37(34)39)45(61)54-40(19-30-9-3-2-4-10-30)42(58)21-32(44(49)60)11-7-8-18-47/h2-6,9-10,12-17,24-25,28-29,32-33,38,40,51,56H,7-8,11,18-23,26-27,47-48H2,1H3,(H2,49,60)(H,50,52)(H,53,62)(H,54,61)/t29-,32+,33+,38-,40+/m0/s1. The molecule has 0 radical (unpaired) electrons. The molecule has 0 spiro atoms. The van der Waals surface area contributed by atoms with Crippen molar-refractivity contribution in [1.29, 1.82) is 0 Å². The number of Topliss-reactive ketones (excluding diaryl/α,β-unsaturated/α-hetero) is 3. The molecule has 16 nitrogen and oxygen atoms in total. The summed E-state index contributed by atoms with van der Waals surface area (Å²) in [5, 5.41) is 16.3. The number of hydrogen-bond acceptors (Lipinski definition) is 10. The first kappa shape index (κ1) is 46.4. The van der Waals surface area contributed by atoms with E-state index in [2.05, 4.69) is 25.6 Å². The number of benzene rings is 3. The molecule has 5 aromatic rings. The number of imidazole rings is 1. The highest BCUT2D eigenvalue weighted by molar-refractivity contribution is 5.96. The summed E-state index contributed by atoms with van der Waals surface area (Å²) in [5.74, 6) is -4.14. The lowest BCUT2D eigenvalue weighted by atomic mass is 9.89. The molecule has 0 unspecified atom stereocenters. The average molecular weight is 848 g/mol. The highest BCUT2D eigenvalue weighted by Gasteiger charge is 2.32. The second-order valence-electron chi connectivity index (χ2n) is 15.8. The number of aromatic amines is 2. The van der Waals surface area contributed by atoms with Crippen molar-refractivity contribution in [2.75, 3.05) is 13.1 Å². The number of nitrogens with two attached hydrogens (primary N) is 3. The van der Waals surface area contributed by atoms with Crippen molar-refractivity contribution >= 4 is 46.1 Å². The summed E-state index contributed by atoms with van der Waals surface area (Å²) in [7, 11) is 0. The first-order valence-corrected chi connectivity index (χ1v) is 20.8. The number of aromatic nitrogens is 3. The molecule has 4 amide bonds. The molecule has 0 aliphatic rings. The number of carbonyl (C=O) groups excluding carboxylic acids is 6. The predicted octanol–water partition coefficient (Wildman–Crippen LogP) is 3.37. The molecule has 3 aromatic carbocycles. The minimum atomic E-state index is -1.11. The Morgan fingerprint density at radius 1 is 0.790 bits per heavy atom. The fourth-order valence-electron chi connectivity index (χ4n) is 7.32. The third-order valence-corrected chi connectivity index (χ3v) is 11.0. The number of H-pyrrole nitrogens is 2. The van der Waals surface area contributed by atoms with Crippen LogP contribution in [0.25, 0.3) is 10.9 Å². The van der Waals surface area contributed by atoms with Crippen molar-refractivity contribution < 1.29 is 33.9 Å². The smallest absolute Gasteiger partial charge is 0.318 e. The number of amides is 4. The summed E-state index contributed by atoms with van der Waals surface area (Å²) in [5.41, 5.74) is 21.2. The van der Waals surface area contributed by atoms with Gasteiger partial charge in [0.05, 0.1) is 31.0 Å². The number of primary amides is 1. The zero-order valence-electron chi connectivity index (χ0n) is 34.9. The number of nitrogens with zero attached hydrogens (tertiary/aromatic N) is 2. The van der Waals surface area contributed by atoms with Gasteiger partial charge in [-0.05, 0) is 74.0 Å². The van der Waals surface area contributed by atoms with E-state index in [9.17, 15) is 33.9 Å². The van der Waals surface area contributed by atoms with Crippen LogP contribution in [0, 0.1) is 11.8 Å². The van der Waals surface area contributed by atoms with Gasteiger partial charge in [0.25, 0.3) is 0 Å². The molecule has 0 bridgehead atoms. The van der Waals surface area contributed by atoms with Crippen molar-refractivity contribution in [1.82, 2.24) is 30.5 Å². The maximum absolute atomic E-state index is 14.5. The van der Waals surface area contributed by atoms with Gasteiger partial charge in [-0.25, -0.2) is 9.78 Å². The summed E-state index contributed by atoms with van der Waals surface area (Å²) in [6.45, 7) is 1.52. The summed E-state index contributed by atoms with van der Waals surface area (Å²) in [4.78, 5) is 93.5. The topological polar surface area (TPSA) is 272 Å². The third-order valence-electron chi connectivity index (χ3n) is 11.0. The molecule has 2 aromatic heterocycles. The van der Waals surface area contributed by atoms with E-state index in [0.717, 1.165) is 22.0 Å². The normalized spacial score (nSPS) is 13.7. The van der Waals surface area contributed by atoms with Crippen molar-refractivity contribution in [3.05, 3.63) is 120 Å². The number of urea groups is 1. The number of fused-ring (bicyclic) bond motifs is 1. The molecule has 0 saturated heterocycles. The lowest BCUT2D eigenvalue weighted by Gasteiger charge is -2.27. The molecular formula is C46H57N9O7. The average Bonchev–Trinajstić information content (AvgIpc) is 3.93. The monoisotopic (exact) mass is 847 g/mol. The van der Waals surface area contributed by atoms with E-state index in [4.69, 9.17) is 17.2 Å². The van der Waals surface area contributed by atoms with Gasteiger partial charge in [-0.15, -0.1) is 0 Å². The van der Waals surface area contributed by atoms with Crippen LogP contribution in [0.5, 0.6) is 5.75 Å². The number of ketones is 3. The largest absolute Gasteiger partial charge is 0.508 e. The van der Waals surface area contributed by atoms with Crippen LogP contribution in [0.1, 0.15) is 61.4 Å². The summed E-state index contributed by atoms with van der Waals surface area (Å²) >= 11 is 0. The third kappa shape index (κ3) is 13.7. The molecule has 0 saturated carbocycles. The van der Waals surface area contributed by atoms with E-state index in [0.29, 0.717) is 37.1 Å². The van der Waals surface area contributed by atoms with Crippen LogP contribution in [0.2, 0.25) is 0 Å². The molecule has 0 aliphatic carbocycles. The number of phenolic OH excluding ortho intramolecular Hbond substituents is 1. The van der Waals surface area contributed by atoms with E-state index in [1.54, 1.807) is 24.5 Å². The Morgan fingerprint density at radius 2 is 1.50 bits per heavy atom. The zero-order valence-corrected chi connectivity index (χ0v) is 34.9. The molecule has 2 heterocycles. The minimum absolute atomic E-state index is 0.0248. The van der Waals surface area contributed by atoms with Gasteiger partial charge in [-0.1, -0.05) is 67.1 Å². The molecule has 5 rings (SSSR count). The van der Waals surface area contributed by atoms with Crippen LogP contribution >= 0.6 is 0 Å². The van der Waals surface area contributed by atoms with Crippen LogP contribution < -0.4 is 27.8 Å². The van der Waals surface area contributed by atoms with Crippen molar-refractivity contribution in [2.45, 2.75) is 83.0 Å². The van der Waals surface area contributed by atoms with Crippen molar-refractivity contribution in [3.8, 4) is 5.75 Å².